The minimum absolute atomic E-state index is 0.227. The molecular weight excluding hydrogens is 284 g/mol. The highest BCUT2D eigenvalue weighted by molar-refractivity contribution is 5.48. The molecule has 0 aromatic carbocycles. The maximum Gasteiger partial charge on any atom is 0.573 e. The maximum absolute atomic E-state index is 12.8. The molecule has 0 atom stereocenters. The van der Waals surface area contributed by atoms with Gasteiger partial charge < -0.3 is 14.6 Å². The van der Waals surface area contributed by atoms with Gasteiger partial charge in [0.1, 0.15) is 11.3 Å². The third-order valence-corrected chi connectivity index (χ3v) is 1.94. The Kier molecular flexibility index (Phi) is 4.13. The van der Waals surface area contributed by atoms with Gasteiger partial charge in [-0.15, -0.1) is 13.2 Å². The molecule has 0 saturated carbocycles. The van der Waals surface area contributed by atoms with Crippen LogP contribution >= 0.6 is 0 Å². The molecule has 0 amide bonds. The van der Waals surface area contributed by atoms with E-state index in [2.05, 4.69) is 14.5 Å². The van der Waals surface area contributed by atoms with Crippen LogP contribution in [0.4, 0.5) is 26.3 Å². The number of ether oxygens (including phenoxy) is 2. The van der Waals surface area contributed by atoms with Crippen molar-refractivity contribution >= 4 is 0 Å². The summed E-state index contributed by atoms with van der Waals surface area (Å²) < 4.78 is 81.9. The Balaban J connectivity index is 3.48. The number of aliphatic hydroxyl groups is 1. The Labute approximate surface area is 102 Å². The lowest BCUT2D eigenvalue weighted by Crippen LogP contribution is -2.21. The van der Waals surface area contributed by atoms with Crippen LogP contribution in [0.15, 0.2) is 6.20 Å². The number of hydrogen-bond acceptors (Lipinski definition) is 4. The number of methoxy groups -OCH3 is 1. The van der Waals surface area contributed by atoms with E-state index >= 15 is 0 Å². The lowest BCUT2D eigenvalue weighted by atomic mass is 10.1. The monoisotopic (exact) mass is 291 g/mol. The Hall–Kier alpha value is -1.71. The van der Waals surface area contributed by atoms with Gasteiger partial charge in [-0.2, -0.15) is 13.2 Å². The van der Waals surface area contributed by atoms with Gasteiger partial charge in [-0.05, 0) is 0 Å². The average molecular weight is 291 g/mol. The topological polar surface area (TPSA) is 51.6 Å². The van der Waals surface area contributed by atoms with Crippen LogP contribution < -0.4 is 9.47 Å². The van der Waals surface area contributed by atoms with Gasteiger partial charge in [-0.25, -0.2) is 0 Å². The molecule has 0 bridgehead atoms. The molecule has 1 aromatic heterocycles. The standard InChI is InChI=1S/C9H7F6NO3/c1-18-7-4(3-17)16-2-5(19-9(13,14)15)6(7)8(10,11)12/h2,17H,3H2,1H3. The third-order valence-electron chi connectivity index (χ3n) is 1.94. The minimum Gasteiger partial charge on any atom is -0.494 e. The Bertz CT molecular complexity index is 456. The molecule has 0 spiro atoms. The van der Waals surface area contributed by atoms with E-state index in [0.29, 0.717) is 0 Å². The van der Waals surface area contributed by atoms with Crippen molar-refractivity contribution in [3.05, 3.63) is 17.5 Å². The normalized spacial score (nSPS) is 12.4. The number of pyridine rings is 1. The molecule has 1 rings (SSSR count). The summed E-state index contributed by atoms with van der Waals surface area (Å²) in [5.74, 6) is -2.56. The van der Waals surface area contributed by atoms with Gasteiger partial charge in [-0.3, -0.25) is 4.98 Å². The van der Waals surface area contributed by atoms with Crippen molar-refractivity contribution in [2.45, 2.75) is 19.1 Å². The van der Waals surface area contributed by atoms with Crippen molar-refractivity contribution in [1.29, 1.82) is 0 Å². The molecule has 0 aliphatic rings. The Morgan fingerprint density at radius 2 is 1.79 bits per heavy atom. The molecule has 0 radical (unpaired) electrons. The third kappa shape index (κ3) is 3.63. The molecule has 10 heteroatoms. The van der Waals surface area contributed by atoms with E-state index < -0.39 is 41.9 Å². The van der Waals surface area contributed by atoms with E-state index in [9.17, 15) is 26.3 Å². The van der Waals surface area contributed by atoms with Crippen molar-refractivity contribution in [2.75, 3.05) is 7.11 Å². The van der Waals surface area contributed by atoms with Crippen molar-refractivity contribution in [2.24, 2.45) is 0 Å². The largest absolute Gasteiger partial charge is 0.573 e. The highest BCUT2D eigenvalue weighted by atomic mass is 19.4. The number of halogens is 6. The summed E-state index contributed by atoms with van der Waals surface area (Å²) in [6.45, 7) is -0.932. The zero-order chi connectivity index (χ0) is 14.8. The summed E-state index contributed by atoms with van der Waals surface area (Å²) >= 11 is 0. The zero-order valence-corrected chi connectivity index (χ0v) is 9.26. The second-order valence-corrected chi connectivity index (χ2v) is 3.18. The number of aliphatic hydroxyl groups excluding tert-OH is 1. The van der Waals surface area contributed by atoms with Gasteiger partial charge in [-0.1, -0.05) is 0 Å². The van der Waals surface area contributed by atoms with E-state index in [1.807, 2.05) is 0 Å². The fraction of sp³-hybridized carbons (Fsp3) is 0.444. The smallest absolute Gasteiger partial charge is 0.494 e. The molecule has 0 saturated heterocycles. The van der Waals surface area contributed by atoms with E-state index in [-0.39, 0.29) is 6.20 Å². The zero-order valence-electron chi connectivity index (χ0n) is 9.26. The molecule has 1 N–H and O–H groups in total. The van der Waals surface area contributed by atoms with Gasteiger partial charge in [0.15, 0.2) is 11.5 Å². The van der Waals surface area contributed by atoms with Crippen molar-refractivity contribution in [1.82, 2.24) is 4.98 Å². The lowest BCUT2D eigenvalue weighted by Gasteiger charge is -2.18. The summed E-state index contributed by atoms with van der Waals surface area (Å²) in [6.07, 6.45) is -10.3. The molecule has 0 aliphatic heterocycles. The summed E-state index contributed by atoms with van der Waals surface area (Å²) in [4.78, 5) is 3.23. The number of alkyl halides is 6. The molecule has 1 heterocycles. The Morgan fingerprint density at radius 3 is 2.16 bits per heavy atom. The Morgan fingerprint density at radius 1 is 1.21 bits per heavy atom. The molecule has 0 fully saturated rings. The van der Waals surface area contributed by atoms with E-state index in [1.165, 1.54) is 0 Å². The predicted molar refractivity (Wildman–Crippen MR) is 48.4 cm³/mol. The van der Waals surface area contributed by atoms with Gasteiger partial charge in [0, 0.05) is 0 Å². The molecule has 19 heavy (non-hydrogen) atoms. The first-order valence-corrected chi connectivity index (χ1v) is 4.59. The molecule has 0 unspecified atom stereocenters. The SMILES string of the molecule is COc1c(CO)ncc(OC(F)(F)F)c1C(F)(F)F. The lowest BCUT2D eigenvalue weighted by molar-refractivity contribution is -0.276. The first-order chi connectivity index (χ1) is 8.60. The highest BCUT2D eigenvalue weighted by Crippen LogP contribution is 2.44. The van der Waals surface area contributed by atoms with Gasteiger partial charge in [0.05, 0.1) is 19.9 Å². The molecule has 0 aliphatic carbocycles. The number of hydrogen-bond donors (Lipinski definition) is 1. The summed E-state index contributed by atoms with van der Waals surface area (Å²) in [6, 6.07) is 0. The minimum atomic E-state index is -5.31. The number of aromatic nitrogens is 1. The van der Waals surface area contributed by atoms with Crippen LogP contribution in [0.2, 0.25) is 0 Å². The van der Waals surface area contributed by atoms with Crippen LogP contribution in [0.1, 0.15) is 11.3 Å². The molecule has 108 valence electrons. The van der Waals surface area contributed by atoms with E-state index in [1.54, 1.807) is 0 Å². The summed E-state index contributed by atoms with van der Waals surface area (Å²) in [5.41, 5.74) is -2.34. The van der Waals surface area contributed by atoms with Crippen molar-refractivity contribution in [3.63, 3.8) is 0 Å². The number of rotatable bonds is 3. The van der Waals surface area contributed by atoms with Gasteiger partial charge in [0.2, 0.25) is 0 Å². The van der Waals surface area contributed by atoms with Crippen LogP contribution in [-0.2, 0) is 12.8 Å². The second-order valence-electron chi connectivity index (χ2n) is 3.18. The average Bonchev–Trinajstić information content (AvgIpc) is 2.24. The molecule has 1 aromatic rings. The first-order valence-electron chi connectivity index (χ1n) is 4.59. The van der Waals surface area contributed by atoms with Crippen molar-refractivity contribution < 1.29 is 40.9 Å². The maximum atomic E-state index is 12.8. The van der Waals surface area contributed by atoms with E-state index in [4.69, 9.17) is 5.11 Å². The number of nitrogens with zero attached hydrogens (tertiary/aromatic N) is 1. The molecule has 4 nitrogen and oxygen atoms in total. The van der Waals surface area contributed by atoms with Crippen molar-refractivity contribution in [3.8, 4) is 11.5 Å². The van der Waals surface area contributed by atoms with Crippen LogP contribution in [-0.4, -0.2) is 23.6 Å². The van der Waals surface area contributed by atoms with E-state index in [0.717, 1.165) is 7.11 Å². The summed E-state index contributed by atoms with van der Waals surface area (Å²) in [7, 11) is 0.808. The van der Waals surface area contributed by atoms with Gasteiger partial charge >= 0.3 is 12.5 Å². The van der Waals surface area contributed by atoms with Crippen LogP contribution in [0, 0.1) is 0 Å². The van der Waals surface area contributed by atoms with Gasteiger partial charge in [0.25, 0.3) is 0 Å². The van der Waals surface area contributed by atoms with Crippen LogP contribution in [0.25, 0.3) is 0 Å². The fourth-order valence-electron chi connectivity index (χ4n) is 1.32. The van der Waals surface area contributed by atoms with Crippen LogP contribution in [0.3, 0.4) is 0 Å². The molecular formula is C9H7F6NO3. The quantitative estimate of drug-likeness (QED) is 0.869. The van der Waals surface area contributed by atoms with Crippen LogP contribution in [0.5, 0.6) is 11.5 Å². The predicted octanol–water partition coefficient (Wildman–Crippen LogP) is 2.50. The fourth-order valence-corrected chi connectivity index (χ4v) is 1.32. The summed E-state index contributed by atoms with van der Waals surface area (Å²) in [5, 5.41) is 8.79. The second kappa shape index (κ2) is 5.11. The highest BCUT2D eigenvalue weighted by Gasteiger charge is 2.43. The first kappa shape index (κ1) is 15.3.